The number of aromatic nitrogens is 2. The van der Waals surface area contributed by atoms with Crippen LogP contribution in [0.5, 0.6) is 0 Å². The molecule has 0 aliphatic carbocycles. The Kier molecular flexibility index (Phi) is 4.54. The lowest BCUT2D eigenvalue weighted by atomic mass is 10.00. The van der Waals surface area contributed by atoms with Crippen LogP contribution < -0.4 is 5.32 Å². The van der Waals surface area contributed by atoms with Crippen molar-refractivity contribution in [3.63, 3.8) is 0 Å². The quantitative estimate of drug-likeness (QED) is 0.937. The number of hydrogen-bond donors (Lipinski definition) is 1. The number of thiazole rings is 1. The lowest BCUT2D eigenvalue weighted by molar-refractivity contribution is -0.114. The average molecular weight is 320 g/mol. The molecule has 1 amide bonds. The first-order chi connectivity index (χ1) is 10.6. The van der Waals surface area contributed by atoms with Crippen LogP contribution >= 0.6 is 11.3 Å². The molecule has 2 aromatic heterocycles. The first-order valence-corrected chi connectivity index (χ1v) is 8.39. The van der Waals surface area contributed by atoms with Crippen molar-refractivity contribution < 1.29 is 9.32 Å². The van der Waals surface area contributed by atoms with Crippen LogP contribution in [0.15, 0.2) is 16.0 Å². The minimum atomic E-state index is -0.0838. The fourth-order valence-electron chi connectivity index (χ4n) is 2.86. The SMILES string of the molecule is CC(=O)Nc1nc([C@@H]2CCCCN2Cc2cc(C)on2)cs1. The molecule has 7 heteroatoms. The summed E-state index contributed by atoms with van der Waals surface area (Å²) in [7, 11) is 0. The topological polar surface area (TPSA) is 71.3 Å². The number of aryl methyl sites for hydroxylation is 1. The van der Waals surface area contributed by atoms with Gasteiger partial charge in [0, 0.05) is 24.9 Å². The average Bonchev–Trinajstić information content (AvgIpc) is 3.08. The van der Waals surface area contributed by atoms with Crippen LogP contribution in [-0.4, -0.2) is 27.5 Å². The third-order valence-corrected chi connectivity index (χ3v) is 4.58. The molecule has 0 aromatic carbocycles. The maximum Gasteiger partial charge on any atom is 0.223 e. The molecule has 0 bridgehead atoms. The summed E-state index contributed by atoms with van der Waals surface area (Å²) in [6.45, 7) is 5.21. The molecular formula is C15H20N4O2S. The summed E-state index contributed by atoms with van der Waals surface area (Å²) >= 11 is 1.48. The second-order valence-electron chi connectivity index (χ2n) is 5.67. The number of hydrogen-bond acceptors (Lipinski definition) is 6. The first kappa shape index (κ1) is 15.2. The van der Waals surface area contributed by atoms with Crippen molar-refractivity contribution in [2.75, 3.05) is 11.9 Å². The van der Waals surface area contributed by atoms with Crippen LogP contribution in [0.25, 0.3) is 0 Å². The minimum Gasteiger partial charge on any atom is -0.361 e. The molecule has 0 radical (unpaired) electrons. The number of anilines is 1. The van der Waals surface area contributed by atoms with Crippen molar-refractivity contribution in [1.82, 2.24) is 15.0 Å². The second-order valence-corrected chi connectivity index (χ2v) is 6.53. The molecule has 3 rings (SSSR count). The van der Waals surface area contributed by atoms with Gasteiger partial charge in [-0.3, -0.25) is 9.69 Å². The first-order valence-electron chi connectivity index (χ1n) is 7.51. The fourth-order valence-corrected chi connectivity index (χ4v) is 3.67. The molecule has 6 nitrogen and oxygen atoms in total. The zero-order chi connectivity index (χ0) is 15.5. The van der Waals surface area contributed by atoms with E-state index < -0.39 is 0 Å². The van der Waals surface area contributed by atoms with Crippen LogP contribution in [0.4, 0.5) is 5.13 Å². The van der Waals surface area contributed by atoms with Crippen LogP contribution in [0.1, 0.15) is 49.4 Å². The Morgan fingerprint density at radius 3 is 3.14 bits per heavy atom. The maximum absolute atomic E-state index is 11.1. The Morgan fingerprint density at radius 1 is 1.55 bits per heavy atom. The highest BCUT2D eigenvalue weighted by Crippen LogP contribution is 2.33. The fraction of sp³-hybridized carbons (Fsp3) is 0.533. The van der Waals surface area contributed by atoms with E-state index in [0.717, 1.165) is 36.7 Å². The number of carbonyl (C=O) groups excluding carboxylic acids is 1. The van der Waals surface area contributed by atoms with Crippen LogP contribution in [-0.2, 0) is 11.3 Å². The van der Waals surface area contributed by atoms with E-state index in [9.17, 15) is 4.79 Å². The standard InChI is InChI=1S/C15H20N4O2S/c1-10-7-12(18-21-10)8-19-6-4-3-5-14(19)13-9-22-15(17-13)16-11(2)20/h7,9,14H,3-6,8H2,1-2H3,(H,16,17,20)/t14-/m0/s1. The van der Waals surface area contributed by atoms with Gasteiger partial charge >= 0.3 is 0 Å². The van der Waals surface area contributed by atoms with Gasteiger partial charge in [-0.25, -0.2) is 4.98 Å². The number of rotatable bonds is 4. The highest BCUT2D eigenvalue weighted by atomic mass is 32.1. The van der Waals surface area contributed by atoms with E-state index in [0.29, 0.717) is 5.13 Å². The largest absolute Gasteiger partial charge is 0.361 e. The predicted molar refractivity (Wildman–Crippen MR) is 84.7 cm³/mol. The third kappa shape index (κ3) is 3.53. The highest BCUT2D eigenvalue weighted by molar-refractivity contribution is 7.13. The molecule has 1 N–H and O–H groups in total. The van der Waals surface area contributed by atoms with Gasteiger partial charge in [0.25, 0.3) is 0 Å². The number of likely N-dealkylation sites (tertiary alicyclic amines) is 1. The van der Waals surface area contributed by atoms with E-state index in [1.165, 1.54) is 31.1 Å². The van der Waals surface area contributed by atoms with Gasteiger partial charge in [0.05, 0.1) is 17.4 Å². The smallest absolute Gasteiger partial charge is 0.223 e. The predicted octanol–water partition coefficient (Wildman–Crippen LogP) is 3.13. The second kappa shape index (κ2) is 6.58. The molecule has 1 aliphatic rings. The number of nitrogens with zero attached hydrogens (tertiary/aromatic N) is 3. The van der Waals surface area contributed by atoms with E-state index >= 15 is 0 Å². The Bertz CT molecular complexity index is 652. The van der Waals surface area contributed by atoms with Crippen molar-refractivity contribution >= 4 is 22.4 Å². The van der Waals surface area contributed by atoms with Crippen molar-refractivity contribution in [3.05, 3.63) is 28.6 Å². The summed E-state index contributed by atoms with van der Waals surface area (Å²) in [5.74, 6) is 0.754. The Hall–Kier alpha value is -1.73. The summed E-state index contributed by atoms with van der Waals surface area (Å²) in [4.78, 5) is 18.1. The van der Waals surface area contributed by atoms with Gasteiger partial charge in [-0.05, 0) is 26.3 Å². The molecule has 0 unspecified atom stereocenters. The summed E-state index contributed by atoms with van der Waals surface area (Å²) in [6, 6.07) is 2.26. The van der Waals surface area contributed by atoms with Gasteiger partial charge in [-0.15, -0.1) is 11.3 Å². The van der Waals surface area contributed by atoms with E-state index in [4.69, 9.17) is 4.52 Å². The van der Waals surface area contributed by atoms with Crippen LogP contribution in [0.3, 0.4) is 0 Å². The number of piperidine rings is 1. The molecule has 1 saturated heterocycles. The summed E-state index contributed by atoms with van der Waals surface area (Å²) in [6.07, 6.45) is 3.47. The Morgan fingerprint density at radius 2 is 2.41 bits per heavy atom. The van der Waals surface area contributed by atoms with Crippen LogP contribution in [0, 0.1) is 6.92 Å². The minimum absolute atomic E-state index is 0.0838. The van der Waals surface area contributed by atoms with E-state index in [2.05, 4.69) is 20.4 Å². The number of carbonyl (C=O) groups is 1. The number of nitrogens with one attached hydrogen (secondary N) is 1. The van der Waals surface area contributed by atoms with Crippen molar-refractivity contribution in [2.45, 2.75) is 45.7 Å². The molecule has 1 aliphatic heterocycles. The summed E-state index contributed by atoms with van der Waals surface area (Å²) in [5, 5.41) is 9.56. The molecule has 2 aromatic rings. The summed E-state index contributed by atoms with van der Waals surface area (Å²) in [5.41, 5.74) is 2.00. The van der Waals surface area contributed by atoms with Crippen molar-refractivity contribution in [2.24, 2.45) is 0 Å². The van der Waals surface area contributed by atoms with Gasteiger partial charge in [-0.2, -0.15) is 0 Å². The van der Waals surface area contributed by atoms with Crippen LogP contribution in [0.2, 0.25) is 0 Å². The third-order valence-electron chi connectivity index (χ3n) is 3.80. The van der Waals surface area contributed by atoms with Gasteiger partial charge in [0.15, 0.2) is 5.13 Å². The van der Waals surface area contributed by atoms with Gasteiger partial charge in [0.2, 0.25) is 5.91 Å². The summed E-state index contributed by atoms with van der Waals surface area (Å²) < 4.78 is 5.16. The molecule has 1 atom stereocenters. The molecule has 0 spiro atoms. The molecular weight excluding hydrogens is 300 g/mol. The molecule has 118 valence electrons. The van der Waals surface area contributed by atoms with E-state index in [-0.39, 0.29) is 11.9 Å². The number of amides is 1. The van der Waals surface area contributed by atoms with Gasteiger partial charge in [-0.1, -0.05) is 11.6 Å². The zero-order valence-electron chi connectivity index (χ0n) is 12.8. The monoisotopic (exact) mass is 320 g/mol. The lowest BCUT2D eigenvalue weighted by Gasteiger charge is -2.34. The molecule has 3 heterocycles. The lowest BCUT2D eigenvalue weighted by Crippen LogP contribution is -2.33. The molecule has 0 saturated carbocycles. The van der Waals surface area contributed by atoms with E-state index in [1.54, 1.807) is 0 Å². The van der Waals surface area contributed by atoms with Crippen molar-refractivity contribution in [3.8, 4) is 0 Å². The van der Waals surface area contributed by atoms with Gasteiger partial charge < -0.3 is 9.84 Å². The highest BCUT2D eigenvalue weighted by Gasteiger charge is 2.27. The Balaban J connectivity index is 1.74. The van der Waals surface area contributed by atoms with Gasteiger partial charge in [0.1, 0.15) is 5.76 Å². The van der Waals surface area contributed by atoms with E-state index in [1.807, 2.05) is 18.4 Å². The van der Waals surface area contributed by atoms with Crippen molar-refractivity contribution in [1.29, 1.82) is 0 Å². The maximum atomic E-state index is 11.1. The Labute approximate surface area is 133 Å². The molecule has 1 fully saturated rings. The zero-order valence-corrected chi connectivity index (χ0v) is 13.7. The molecule has 22 heavy (non-hydrogen) atoms. The normalized spacial score (nSPS) is 19.3.